The molecule has 1 heteroatoms. The third-order valence-electron chi connectivity index (χ3n) is 11.9. The van der Waals surface area contributed by atoms with Gasteiger partial charge in [-0.05, 0) is 117 Å². The normalized spacial score (nSPS) is 19.0. The van der Waals surface area contributed by atoms with Crippen molar-refractivity contribution in [3.8, 4) is 33.4 Å². The maximum absolute atomic E-state index is 8.92. The molecular weight excluding hydrogens is 603 g/mol. The molecule has 1 nitrogen and oxygen atoms in total. The first-order chi connectivity index (χ1) is 26.7. The minimum Gasteiger partial charge on any atom is -0.310 e. The molecule has 0 aliphatic heterocycles. The molecule has 0 bridgehead atoms. The molecule has 0 amide bonds. The largest absolute Gasteiger partial charge is 0.310 e. The van der Waals surface area contributed by atoms with Gasteiger partial charge < -0.3 is 4.90 Å². The zero-order chi connectivity index (χ0) is 39.2. The lowest BCUT2D eigenvalue weighted by Gasteiger charge is -2.31. The second-order valence-electron chi connectivity index (χ2n) is 15.2. The lowest BCUT2D eigenvalue weighted by molar-refractivity contribution is 0.443. The number of hydrogen-bond donors (Lipinski definition) is 0. The van der Waals surface area contributed by atoms with E-state index in [0.29, 0.717) is 33.9 Å². The molecule has 1 saturated carbocycles. The lowest BCUT2D eigenvalue weighted by Crippen LogP contribution is -2.18. The van der Waals surface area contributed by atoms with Crippen LogP contribution in [0.15, 0.2) is 127 Å². The van der Waals surface area contributed by atoms with Crippen molar-refractivity contribution in [3.63, 3.8) is 0 Å². The zero-order valence-corrected chi connectivity index (χ0v) is 29.2. The van der Waals surface area contributed by atoms with E-state index in [0.717, 1.165) is 28.1 Å². The molecular formula is C49H47N. The van der Waals surface area contributed by atoms with Gasteiger partial charge in [-0.15, -0.1) is 0 Å². The summed E-state index contributed by atoms with van der Waals surface area (Å²) in [6.45, 7) is 1.01. The number of aryl methyl sites for hydroxylation is 1. The number of para-hydroxylation sites is 1. The summed E-state index contributed by atoms with van der Waals surface area (Å²) in [5.41, 5.74) is 11.7. The Morgan fingerprint density at radius 1 is 0.560 bits per heavy atom. The van der Waals surface area contributed by atoms with E-state index >= 15 is 0 Å². The summed E-state index contributed by atoms with van der Waals surface area (Å²) < 4.78 is 53.5. The quantitative estimate of drug-likeness (QED) is 0.179. The van der Waals surface area contributed by atoms with E-state index in [9.17, 15) is 0 Å². The van der Waals surface area contributed by atoms with Crippen LogP contribution in [0.25, 0.3) is 33.4 Å². The molecule has 3 aliphatic rings. The van der Waals surface area contributed by atoms with Gasteiger partial charge in [0.1, 0.15) is 0 Å². The Balaban J connectivity index is 1.29. The van der Waals surface area contributed by atoms with Crippen LogP contribution in [-0.4, -0.2) is 0 Å². The van der Waals surface area contributed by atoms with Gasteiger partial charge in [0.2, 0.25) is 0 Å². The molecule has 0 atom stereocenters. The van der Waals surface area contributed by atoms with Crippen molar-refractivity contribution >= 4 is 17.1 Å². The van der Waals surface area contributed by atoms with Crippen molar-refractivity contribution in [2.75, 3.05) is 4.90 Å². The summed E-state index contributed by atoms with van der Waals surface area (Å²) in [5.74, 6) is 0.596. The summed E-state index contributed by atoms with van der Waals surface area (Å²) in [6.07, 6.45) is 6.35. The fourth-order valence-electron chi connectivity index (χ4n) is 9.26. The molecule has 3 aliphatic carbocycles. The summed E-state index contributed by atoms with van der Waals surface area (Å²) >= 11 is 0. The van der Waals surface area contributed by atoms with E-state index in [1.165, 1.54) is 59.9 Å². The number of rotatable bonds is 5. The van der Waals surface area contributed by atoms with Crippen LogP contribution in [0, 0.1) is 6.92 Å². The van der Waals surface area contributed by atoms with Crippen LogP contribution in [0.5, 0.6) is 0 Å². The van der Waals surface area contributed by atoms with Gasteiger partial charge in [-0.25, -0.2) is 0 Å². The SMILES string of the molecule is [2H]C([2H])([2H])C1(C([2H])([2H])[2H])c2ccccc2-c2ccc(N(c3cc(C)c4c(c3)C(C)(C)c3ccccc3-4)c3ccccc3-c3ccc(C4CCCCC4)cc3)cc21. The van der Waals surface area contributed by atoms with Crippen molar-refractivity contribution in [2.45, 2.75) is 83.3 Å². The van der Waals surface area contributed by atoms with E-state index in [4.69, 9.17) is 8.22 Å². The minimum atomic E-state index is -2.86. The average Bonchev–Trinajstić information content (AvgIpc) is 3.62. The van der Waals surface area contributed by atoms with Gasteiger partial charge in [-0.2, -0.15) is 0 Å². The van der Waals surface area contributed by atoms with E-state index < -0.39 is 19.1 Å². The average molecular weight is 656 g/mol. The Kier molecular flexibility index (Phi) is 5.83. The standard InChI is InChI=1S/C49H47N/c1-32-29-37(31-45-47(32)41-19-10-13-21-43(41)49(45,4)5)50(36-27-28-40-39-18-9-12-20-42(39)48(2,3)44(40)30-36)46-22-14-11-17-38(46)35-25-23-34(24-26-35)33-15-7-6-8-16-33/h9-14,17-31,33H,6-8,15-16H2,1-5H3/i2D3,3D3. The third-order valence-corrected chi connectivity index (χ3v) is 11.9. The smallest absolute Gasteiger partial charge is 0.0540 e. The number of anilines is 3. The van der Waals surface area contributed by atoms with Crippen LogP contribution in [-0.2, 0) is 10.8 Å². The molecule has 6 aromatic carbocycles. The first-order valence-corrected chi connectivity index (χ1v) is 18.2. The highest BCUT2D eigenvalue weighted by atomic mass is 15.1. The van der Waals surface area contributed by atoms with Gasteiger partial charge in [-0.1, -0.05) is 144 Å². The molecule has 0 spiro atoms. The second kappa shape index (κ2) is 11.6. The Bertz CT molecular complexity index is 2470. The molecule has 6 aromatic rings. The topological polar surface area (TPSA) is 3.24 Å². The van der Waals surface area contributed by atoms with Crippen LogP contribution in [0.2, 0.25) is 0 Å². The number of hydrogen-bond acceptors (Lipinski definition) is 1. The molecule has 248 valence electrons. The second-order valence-corrected chi connectivity index (χ2v) is 15.2. The Hall–Kier alpha value is -4.88. The third kappa shape index (κ3) is 4.73. The van der Waals surface area contributed by atoms with Gasteiger partial charge >= 0.3 is 0 Å². The number of fused-ring (bicyclic) bond motifs is 6. The van der Waals surface area contributed by atoms with Crippen LogP contribution >= 0.6 is 0 Å². The molecule has 1 fully saturated rings. The molecule has 0 heterocycles. The molecule has 0 saturated heterocycles. The number of nitrogens with zero attached hydrogens (tertiary/aromatic N) is 1. The predicted molar refractivity (Wildman–Crippen MR) is 212 cm³/mol. The van der Waals surface area contributed by atoms with Gasteiger partial charge in [0.05, 0.1) is 5.69 Å². The van der Waals surface area contributed by atoms with E-state index in [2.05, 4.69) is 105 Å². The molecule has 0 aromatic heterocycles. The van der Waals surface area contributed by atoms with Crippen molar-refractivity contribution < 1.29 is 8.22 Å². The Morgan fingerprint density at radius 2 is 1.18 bits per heavy atom. The van der Waals surface area contributed by atoms with E-state index in [-0.39, 0.29) is 5.41 Å². The van der Waals surface area contributed by atoms with Crippen LogP contribution < -0.4 is 4.90 Å². The maximum Gasteiger partial charge on any atom is 0.0540 e. The summed E-state index contributed by atoms with van der Waals surface area (Å²) in [6, 6.07) is 43.5. The highest BCUT2D eigenvalue weighted by molar-refractivity contribution is 5.93. The summed E-state index contributed by atoms with van der Waals surface area (Å²) in [5, 5.41) is 0. The number of benzene rings is 6. The monoisotopic (exact) mass is 655 g/mol. The highest BCUT2D eigenvalue weighted by Gasteiger charge is 2.38. The Morgan fingerprint density at radius 3 is 1.92 bits per heavy atom. The van der Waals surface area contributed by atoms with Crippen molar-refractivity contribution in [1.29, 1.82) is 0 Å². The zero-order valence-electron chi connectivity index (χ0n) is 35.2. The molecule has 50 heavy (non-hydrogen) atoms. The van der Waals surface area contributed by atoms with Gasteiger partial charge in [0, 0.05) is 36.0 Å². The summed E-state index contributed by atoms with van der Waals surface area (Å²) in [7, 11) is 0. The fraction of sp³-hybridized carbons (Fsp3) is 0.265. The molecule has 9 rings (SSSR count). The molecule has 0 N–H and O–H groups in total. The minimum absolute atomic E-state index is 0.260. The van der Waals surface area contributed by atoms with Crippen molar-refractivity contribution in [3.05, 3.63) is 161 Å². The summed E-state index contributed by atoms with van der Waals surface area (Å²) in [4.78, 5) is 2.21. The van der Waals surface area contributed by atoms with Gasteiger partial charge in [0.15, 0.2) is 0 Å². The molecule has 0 radical (unpaired) electrons. The van der Waals surface area contributed by atoms with E-state index in [1.54, 1.807) is 12.1 Å². The van der Waals surface area contributed by atoms with Crippen molar-refractivity contribution in [2.24, 2.45) is 0 Å². The Labute approximate surface area is 307 Å². The van der Waals surface area contributed by atoms with Crippen LogP contribution in [0.4, 0.5) is 17.1 Å². The predicted octanol–water partition coefficient (Wildman–Crippen LogP) is 13.8. The first-order valence-electron chi connectivity index (χ1n) is 21.2. The lowest BCUT2D eigenvalue weighted by atomic mass is 9.81. The van der Waals surface area contributed by atoms with Crippen molar-refractivity contribution in [1.82, 2.24) is 0 Å². The van der Waals surface area contributed by atoms with Crippen LogP contribution in [0.1, 0.15) is 107 Å². The van der Waals surface area contributed by atoms with Gasteiger partial charge in [0.25, 0.3) is 0 Å². The first kappa shape index (κ1) is 25.1. The fourth-order valence-corrected chi connectivity index (χ4v) is 9.26. The van der Waals surface area contributed by atoms with Gasteiger partial charge in [-0.3, -0.25) is 0 Å². The van der Waals surface area contributed by atoms with E-state index in [1.807, 2.05) is 36.4 Å². The molecule has 0 unspecified atom stereocenters. The highest BCUT2D eigenvalue weighted by Crippen LogP contribution is 2.54. The van der Waals surface area contributed by atoms with Crippen LogP contribution in [0.3, 0.4) is 0 Å². The maximum atomic E-state index is 8.92.